The predicted molar refractivity (Wildman–Crippen MR) is 119 cm³/mol. The summed E-state index contributed by atoms with van der Waals surface area (Å²) < 4.78 is 22.4. The number of aliphatic hydroxyl groups is 4. The van der Waals surface area contributed by atoms with Gasteiger partial charge in [0.05, 0.1) is 19.8 Å². The first-order valence-electron chi connectivity index (χ1n) is 10.9. The third kappa shape index (κ3) is 5.34. The Morgan fingerprint density at radius 2 is 1.70 bits per heavy atom. The van der Waals surface area contributed by atoms with E-state index in [-0.39, 0.29) is 12.2 Å². The van der Waals surface area contributed by atoms with Crippen LogP contribution in [0.3, 0.4) is 0 Å². The molecule has 2 fully saturated rings. The second-order valence-corrected chi connectivity index (χ2v) is 8.80. The summed E-state index contributed by atoms with van der Waals surface area (Å²) in [5, 5.41) is 40.5. The van der Waals surface area contributed by atoms with Crippen LogP contribution in [0.5, 0.6) is 5.75 Å². The van der Waals surface area contributed by atoms with Crippen molar-refractivity contribution in [3.8, 4) is 5.75 Å². The molecular formula is C24H29ClO8. The van der Waals surface area contributed by atoms with Crippen LogP contribution in [0.1, 0.15) is 22.8 Å². The van der Waals surface area contributed by atoms with Crippen LogP contribution < -0.4 is 4.74 Å². The number of methoxy groups -OCH3 is 1. The maximum atomic E-state index is 10.4. The first-order valence-corrected chi connectivity index (χ1v) is 11.2. The highest BCUT2D eigenvalue weighted by Crippen LogP contribution is 2.34. The van der Waals surface area contributed by atoms with Gasteiger partial charge in [-0.3, -0.25) is 0 Å². The SMILES string of the molecule is CO[C@H]1COCC1Oc1ccc(Cc2cc([C@@H]3O[C@H](CO)[C@@H](O)[C@H](O)[C@H]3O)ccc2Cl)cc1. The molecule has 2 aromatic carbocycles. The molecule has 2 aromatic rings. The molecule has 2 heterocycles. The quantitative estimate of drug-likeness (QED) is 0.467. The van der Waals surface area contributed by atoms with Gasteiger partial charge >= 0.3 is 0 Å². The topological polar surface area (TPSA) is 118 Å². The van der Waals surface area contributed by atoms with Crippen LogP contribution in [0.25, 0.3) is 0 Å². The maximum absolute atomic E-state index is 10.4. The van der Waals surface area contributed by atoms with E-state index < -0.39 is 37.1 Å². The lowest BCUT2D eigenvalue weighted by molar-refractivity contribution is -0.231. The van der Waals surface area contributed by atoms with Crippen molar-refractivity contribution in [3.05, 3.63) is 64.2 Å². The van der Waals surface area contributed by atoms with E-state index in [0.29, 0.717) is 30.2 Å². The Bertz CT molecular complexity index is 921. The van der Waals surface area contributed by atoms with E-state index in [1.54, 1.807) is 25.3 Å². The Labute approximate surface area is 197 Å². The minimum atomic E-state index is -1.43. The Kier molecular flexibility index (Phi) is 7.88. The van der Waals surface area contributed by atoms with Gasteiger partial charge in [-0.15, -0.1) is 0 Å². The van der Waals surface area contributed by atoms with Crippen LogP contribution in [0.15, 0.2) is 42.5 Å². The molecule has 0 bridgehead atoms. The fraction of sp³-hybridized carbons (Fsp3) is 0.500. The standard InChI is InChI=1S/C24H29ClO8/c1-30-19-11-31-12-20(19)32-16-5-2-13(3-6-16)8-15-9-14(4-7-17(15)25)24-23(29)22(28)21(27)18(10-26)33-24/h2-7,9,18-24,26-29H,8,10-12H2,1H3/t18-,19+,20?,21-,22+,23-,24+/m1/s1. The summed E-state index contributed by atoms with van der Waals surface area (Å²) in [6, 6.07) is 12.9. The lowest BCUT2D eigenvalue weighted by atomic mass is 9.90. The summed E-state index contributed by atoms with van der Waals surface area (Å²) in [4.78, 5) is 0. The molecule has 180 valence electrons. The fourth-order valence-electron chi connectivity index (χ4n) is 4.21. The number of hydrogen-bond acceptors (Lipinski definition) is 8. The number of benzene rings is 2. The minimum Gasteiger partial charge on any atom is -0.485 e. The third-order valence-corrected chi connectivity index (χ3v) is 6.55. The van der Waals surface area contributed by atoms with E-state index in [2.05, 4.69) is 0 Å². The van der Waals surface area contributed by atoms with Gasteiger partial charge in [0.15, 0.2) is 6.10 Å². The molecule has 2 aliphatic rings. The van der Waals surface area contributed by atoms with Gasteiger partial charge in [0.2, 0.25) is 0 Å². The average molecular weight is 481 g/mol. The summed E-state index contributed by atoms with van der Waals surface area (Å²) in [5.41, 5.74) is 2.41. The van der Waals surface area contributed by atoms with Crippen LogP contribution in [0, 0.1) is 0 Å². The van der Waals surface area contributed by atoms with Crippen molar-refractivity contribution in [1.29, 1.82) is 0 Å². The zero-order valence-electron chi connectivity index (χ0n) is 18.2. The molecule has 0 radical (unpaired) electrons. The van der Waals surface area contributed by atoms with Crippen molar-refractivity contribution in [2.75, 3.05) is 26.9 Å². The highest BCUT2D eigenvalue weighted by molar-refractivity contribution is 6.31. The van der Waals surface area contributed by atoms with Gasteiger partial charge in [-0.05, 0) is 41.3 Å². The first-order chi connectivity index (χ1) is 15.9. The lowest BCUT2D eigenvalue weighted by Gasteiger charge is -2.40. The second-order valence-electron chi connectivity index (χ2n) is 8.39. The molecule has 7 atom stereocenters. The van der Waals surface area contributed by atoms with Gasteiger partial charge in [-0.2, -0.15) is 0 Å². The number of halogens is 1. The van der Waals surface area contributed by atoms with E-state index >= 15 is 0 Å². The van der Waals surface area contributed by atoms with Crippen LogP contribution in [0.4, 0.5) is 0 Å². The highest BCUT2D eigenvalue weighted by Gasteiger charge is 2.44. The number of rotatable bonds is 7. The molecule has 0 saturated carbocycles. The summed E-state index contributed by atoms with van der Waals surface area (Å²) in [6.07, 6.45) is -5.77. The Balaban J connectivity index is 1.47. The zero-order valence-corrected chi connectivity index (χ0v) is 19.0. The van der Waals surface area contributed by atoms with Crippen LogP contribution in [-0.4, -0.2) is 84.0 Å². The minimum absolute atomic E-state index is 0.0892. The van der Waals surface area contributed by atoms with Gasteiger partial charge in [0.25, 0.3) is 0 Å². The van der Waals surface area contributed by atoms with Gasteiger partial charge < -0.3 is 39.4 Å². The van der Waals surface area contributed by atoms with Gasteiger partial charge in [-0.1, -0.05) is 35.9 Å². The average Bonchev–Trinajstić information content (AvgIpc) is 3.27. The molecule has 2 saturated heterocycles. The third-order valence-electron chi connectivity index (χ3n) is 6.18. The molecule has 0 aromatic heterocycles. The largest absolute Gasteiger partial charge is 0.485 e. The number of hydrogen-bond donors (Lipinski definition) is 4. The van der Waals surface area contributed by atoms with E-state index in [1.807, 2.05) is 24.3 Å². The molecule has 0 amide bonds. The molecule has 4 rings (SSSR count). The Morgan fingerprint density at radius 1 is 0.970 bits per heavy atom. The molecule has 4 N–H and O–H groups in total. The van der Waals surface area contributed by atoms with Crippen molar-refractivity contribution in [1.82, 2.24) is 0 Å². The summed E-state index contributed by atoms with van der Waals surface area (Å²) >= 11 is 6.42. The van der Waals surface area contributed by atoms with Crippen molar-refractivity contribution < 1.29 is 39.4 Å². The van der Waals surface area contributed by atoms with E-state index in [0.717, 1.165) is 16.9 Å². The molecule has 8 nitrogen and oxygen atoms in total. The molecule has 9 heteroatoms. The van der Waals surface area contributed by atoms with Gasteiger partial charge in [0, 0.05) is 12.1 Å². The van der Waals surface area contributed by atoms with Crippen molar-refractivity contribution >= 4 is 11.6 Å². The molecule has 0 aliphatic carbocycles. The lowest BCUT2D eigenvalue weighted by Crippen LogP contribution is -2.55. The van der Waals surface area contributed by atoms with Crippen LogP contribution in [0.2, 0.25) is 5.02 Å². The number of ether oxygens (including phenoxy) is 4. The van der Waals surface area contributed by atoms with Crippen LogP contribution >= 0.6 is 11.6 Å². The summed E-state index contributed by atoms with van der Waals surface area (Å²) in [7, 11) is 1.64. The summed E-state index contributed by atoms with van der Waals surface area (Å²) in [6.45, 7) is 0.525. The van der Waals surface area contributed by atoms with Gasteiger partial charge in [0.1, 0.15) is 42.4 Å². The Morgan fingerprint density at radius 3 is 2.39 bits per heavy atom. The van der Waals surface area contributed by atoms with E-state index in [9.17, 15) is 20.4 Å². The van der Waals surface area contributed by atoms with Crippen LogP contribution in [-0.2, 0) is 20.6 Å². The van der Waals surface area contributed by atoms with Crippen molar-refractivity contribution in [2.45, 2.75) is 49.1 Å². The smallest absolute Gasteiger partial charge is 0.150 e. The molecule has 33 heavy (non-hydrogen) atoms. The monoisotopic (exact) mass is 480 g/mol. The predicted octanol–water partition coefficient (Wildman–Crippen LogP) is 1.24. The molecular weight excluding hydrogens is 452 g/mol. The summed E-state index contributed by atoms with van der Waals surface area (Å²) in [5.74, 6) is 0.720. The van der Waals surface area contributed by atoms with Gasteiger partial charge in [-0.25, -0.2) is 0 Å². The van der Waals surface area contributed by atoms with Crippen molar-refractivity contribution in [3.63, 3.8) is 0 Å². The molecule has 2 aliphatic heterocycles. The first kappa shape index (κ1) is 24.4. The van der Waals surface area contributed by atoms with E-state index in [1.165, 1.54) is 0 Å². The second kappa shape index (κ2) is 10.7. The highest BCUT2D eigenvalue weighted by atomic mass is 35.5. The molecule has 1 unspecified atom stereocenters. The van der Waals surface area contributed by atoms with Crippen molar-refractivity contribution in [2.24, 2.45) is 0 Å². The fourth-order valence-corrected chi connectivity index (χ4v) is 4.39. The Hall–Kier alpha value is -1.75. The number of aliphatic hydroxyl groups excluding tert-OH is 4. The normalized spacial score (nSPS) is 32.1. The van der Waals surface area contributed by atoms with E-state index in [4.69, 9.17) is 30.5 Å². The maximum Gasteiger partial charge on any atom is 0.150 e. The zero-order chi connectivity index (χ0) is 23.5. The molecule has 0 spiro atoms.